The van der Waals surface area contributed by atoms with Crippen LogP contribution in [0.2, 0.25) is 0 Å². The maximum atomic E-state index is 4.67. The van der Waals surface area contributed by atoms with Crippen LogP contribution in [0.25, 0.3) is 5.65 Å². The fourth-order valence-electron chi connectivity index (χ4n) is 1.90. The van der Waals surface area contributed by atoms with Crippen LogP contribution in [0.5, 0.6) is 0 Å². The van der Waals surface area contributed by atoms with Crippen LogP contribution in [-0.2, 0) is 6.42 Å². The minimum atomic E-state index is 0.349. The fourth-order valence-corrected chi connectivity index (χ4v) is 1.90. The smallest absolute Gasteiger partial charge is 0.163 e. The number of nitrogens with zero attached hydrogens (tertiary/aromatic N) is 4. The van der Waals surface area contributed by atoms with Crippen LogP contribution in [0, 0.1) is 0 Å². The van der Waals surface area contributed by atoms with E-state index in [0.717, 1.165) is 29.4 Å². The SMILES string of the molecule is CCc1nc(C(C)C)n2cnc(C(C)C)nc12. The third kappa shape index (κ3) is 2.04. The Hall–Kier alpha value is -1.45. The first-order chi connectivity index (χ1) is 8.04. The molecule has 0 atom stereocenters. The molecule has 0 aliphatic heterocycles. The van der Waals surface area contributed by atoms with Gasteiger partial charge in [0.2, 0.25) is 0 Å². The summed E-state index contributed by atoms with van der Waals surface area (Å²) < 4.78 is 2.02. The zero-order chi connectivity index (χ0) is 12.6. The lowest BCUT2D eigenvalue weighted by Crippen LogP contribution is -2.03. The molecule has 2 rings (SSSR count). The van der Waals surface area contributed by atoms with Crippen LogP contribution in [-0.4, -0.2) is 19.4 Å². The van der Waals surface area contributed by atoms with E-state index in [1.54, 1.807) is 0 Å². The monoisotopic (exact) mass is 232 g/mol. The van der Waals surface area contributed by atoms with Crippen molar-refractivity contribution in [3.8, 4) is 0 Å². The first-order valence-corrected chi connectivity index (χ1v) is 6.28. The number of aryl methyl sites for hydroxylation is 1. The van der Waals surface area contributed by atoms with Crippen LogP contribution >= 0.6 is 0 Å². The Labute approximate surface area is 102 Å². The predicted octanol–water partition coefficient (Wildman–Crippen LogP) is 2.93. The summed E-state index contributed by atoms with van der Waals surface area (Å²) in [5.74, 6) is 2.67. The van der Waals surface area contributed by atoms with Crippen molar-refractivity contribution >= 4 is 5.65 Å². The molecule has 92 valence electrons. The molecule has 2 aromatic rings. The topological polar surface area (TPSA) is 43.1 Å². The van der Waals surface area contributed by atoms with Crippen LogP contribution in [0.1, 0.15) is 63.8 Å². The van der Waals surface area contributed by atoms with Gasteiger partial charge in [-0.1, -0.05) is 34.6 Å². The highest BCUT2D eigenvalue weighted by Gasteiger charge is 2.15. The molecule has 0 spiro atoms. The summed E-state index contributed by atoms with van der Waals surface area (Å²) in [6.45, 7) is 10.6. The van der Waals surface area contributed by atoms with Crippen LogP contribution < -0.4 is 0 Å². The van der Waals surface area contributed by atoms with Crippen molar-refractivity contribution in [2.45, 2.75) is 52.9 Å². The first-order valence-electron chi connectivity index (χ1n) is 6.28. The van der Waals surface area contributed by atoms with E-state index < -0.39 is 0 Å². The minimum Gasteiger partial charge on any atom is -0.270 e. The standard InChI is InChI=1S/C13H20N4/c1-6-10-13-16-11(8(2)3)14-7-17(13)12(15-10)9(4)5/h7-9H,6H2,1-5H3. The zero-order valence-corrected chi connectivity index (χ0v) is 11.2. The molecule has 17 heavy (non-hydrogen) atoms. The molecule has 0 amide bonds. The van der Waals surface area contributed by atoms with Gasteiger partial charge >= 0.3 is 0 Å². The first kappa shape index (κ1) is 12.0. The van der Waals surface area contributed by atoms with Crippen molar-refractivity contribution in [1.29, 1.82) is 0 Å². The van der Waals surface area contributed by atoms with Gasteiger partial charge in [-0.15, -0.1) is 0 Å². The van der Waals surface area contributed by atoms with Gasteiger partial charge in [-0.2, -0.15) is 0 Å². The van der Waals surface area contributed by atoms with Crippen molar-refractivity contribution in [2.24, 2.45) is 0 Å². The van der Waals surface area contributed by atoms with Gasteiger partial charge in [0.05, 0.1) is 5.69 Å². The molecule has 0 N–H and O–H groups in total. The maximum Gasteiger partial charge on any atom is 0.163 e. The molecule has 0 aliphatic rings. The van der Waals surface area contributed by atoms with Crippen molar-refractivity contribution in [2.75, 3.05) is 0 Å². The second-order valence-corrected chi connectivity index (χ2v) is 4.99. The van der Waals surface area contributed by atoms with E-state index in [4.69, 9.17) is 0 Å². The Morgan fingerprint density at radius 2 is 1.82 bits per heavy atom. The van der Waals surface area contributed by atoms with E-state index in [1.165, 1.54) is 0 Å². The zero-order valence-electron chi connectivity index (χ0n) is 11.2. The predicted molar refractivity (Wildman–Crippen MR) is 68.3 cm³/mol. The lowest BCUT2D eigenvalue weighted by atomic mass is 10.2. The second kappa shape index (κ2) is 4.43. The van der Waals surface area contributed by atoms with Crippen LogP contribution in [0.3, 0.4) is 0 Å². The molecule has 0 unspecified atom stereocenters. The molecular formula is C13H20N4. The Bertz CT molecular complexity index is 525. The van der Waals surface area contributed by atoms with Crippen molar-refractivity contribution in [3.63, 3.8) is 0 Å². The molecule has 0 aromatic carbocycles. The summed E-state index contributed by atoms with van der Waals surface area (Å²) in [4.78, 5) is 13.7. The summed E-state index contributed by atoms with van der Waals surface area (Å²) in [7, 11) is 0. The molecule has 0 aliphatic carbocycles. The molecule has 0 radical (unpaired) electrons. The number of hydrogen-bond acceptors (Lipinski definition) is 3. The average Bonchev–Trinajstić information content (AvgIpc) is 2.66. The van der Waals surface area contributed by atoms with E-state index in [0.29, 0.717) is 11.8 Å². The Balaban J connectivity index is 2.68. The quantitative estimate of drug-likeness (QED) is 0.817. The molecule has 0 saturated carbocycles. The van der Waals surface area contributed by atoms with Crippen LogP contribution in [0.4, 0.5) is 0 Å². The number of fused-ring (bicyclic) bond motifs is 1. The van der Waals surface area contributed by atoms with E-state index >= 15 is 0 Å². The van der Waals surface area contributed by atoms with Gasteiger partial charge in [-0.05, 0) is 6.42 Å². The highest BCUT2D eigenvalue weighted by atomic mass is 15.1. The van der Waals surface area contributed by atoms with Gasteiger partial charge in [0.25, 0.3) is 0 Å². The molecule has 2 heterocycles. The normalized spacial score (nSPS) is 11.9. The Kier molecular flexibility index (Phi) is 3.13. The fraction of sp³-hybridized carbons (Fsp3) is 0.615. The summed E-state index contributed by atoms with van der Waals surface area (Å²) in [5.41, 5.74) is 2.04. The van der Waals surface area contributed by atoms with E-state index in [9.17, 15) is 0 Å². The van der Waals surface area contributed by atoms with Crippen molar-refractivity contribution < 1.29 is 0 Å². The number of hydrogen-bond donors (Lipinski definition) is 0. The second-order valence-electron chi connectivity index (χ2n) is 4.99. The highest BCUT2D eigenvalue weighted by molar-refractivity contribution is 5.46. The van der Waals surface area contributed by atoms with Gasteiger partial charge in [-0.25, -0.2) is 15.0 Å². The number of rotatable bonds is 3. The van der Waals surface area contributed by atoms with Crippen LogP contribution in [0.15, 0.2) is 6.33 Å². The largest absolute Gasteiger partial charge is 0.270 e. The molecule has 4 nitrogen and oxygen atoms in total. The summed E-state index contributed by atoms with van der Waals surface area (Å²) in [6.07, 6.45) is 2.77. The Morgan fingerprint density at radius 1 is 1.12 bits per heavy atom. The van der Waals surface area contributed by atoms with Crippen molar-refractivity contribution in [1.82, 2.24) is 19.4 Å². The average molecular weight is 232 g/mol. The van der Waals surface area contributed by atoms with Crippen molar-refractivity contribution in [3.05, 3.63) is 23.7 Å². The van der Waals surface area contributed by atoms with Gasteiger partial charge in [0.1, 0.15) is 18.0 Å². The van der Waals surface area contributed by atoms with Gasteiger partial charge in [0, 0.05) is 11.8 Å². The summed E-state index contributed by atoms with van der Waals surface area (Å²) in [5, 5.41) is 0. The van der Waals surface area contributed by atoms with E-state index in [-0.39, 0.29) is 0 Å². The van der Waals surface area contributed by atoms with Gasteiger partial charge in [0.15, 0.2) is 5.65 Å². The third-order valence-electron chi connectivity index (χ3n) is 2.88. The molecular weight excluding hydrogens is 212 g/mol. The molecule has 0 saturated heterocycles. The molecule has 4 heteroatoms. The van der Waals surface area contributed by atoms with E-state index in [2.05, 4.69) is 49.6 Å². The summed E-state index contributed by atoms with van der Waals surface area (Å²) in [6, 6.07) is 0. The Morgan fingerprint density at radius 3 is 2.35 bits per heavy atom. The molecule has 0 fully saturated rings. The van der Waals surface area contributed by atoms with Gasteiger partial charge < -0.3 is 0 Å². The highest BCUT2D eigenvalue weighted by Crippen LogP contribution is 2.19. The summed E-state index contributed by atoms with van der Waals surface area (Å²) >= 11 is 0. The minimum absolute atomic E-state index is 0.349. The molecule has 2 aromatic heterocycles. The lowest BCUT2D eigenvalue weighted by molar-refractivity contribution is 0.730. The van der Waals surface area contributed by atoms with E-state index in [1.807, 2.05) is 10.7 Å². The van der Waals surface area contributed by atoms with Gasteiger partial charge in [-0.3, -0.25) is 4.40 Å². The molecule has 0 bridgehead atoms. The third-order valence-corrected chi connectivity index (χ3v) is 2.88. The number of aromatic nitrogens is 4. The lowest BCUT2D eigenvalue weighted by Gasteiger charge is -2.06. The maximum absolute atomic E-state index is 4.67. The number of imidazole rings is 1.